The Morgan fingerprint density at radius 3 is 1.60 bits per heavy atom. The lowest BCUT2D eigenvalue weighted by molar-refractivity contribution is -0.220. The highest BCUT2D eigenvalue weighted by molar-refractivity contribution is 7.47. The number of unbranched alkanes of at least 4 members (excludes halogenated alkanes) is 18. The summed E-state index contributed by atoms with van der Waals surface area (Å²) in [6, 6.07) is 0. The first kappa shape index (κ1) is 56.2. The molecule has 1 heterocycles. The molecule has 1 aliphatic carbocycles. The molecule has 360 valence electrons. The van der Waals surface area contributed by atoms with E-state index in [1.165, 1.54) is 89.9 Å². The van der Waals surface area contributed by atoms with Gasteiger partial charge in [0.05, 0.1) is 18.8 Å². The van der Waals surface area contributed by atoms with Crippen molar-refractivity contribution in [3.63, 3.8) is 0 Å². The molecule has 62 heavy (non-hydrogen) atoms. The van der Waals surface area contributed by atoms with E-state index in [1.54, 1.807) is 0 Å². The summed E-state index contributed by atoms with van der Waals surface area (Å²) in [4.78, 5) is 35.7. The van der Waals surface area contributed by atoms with Crippen molar-refractivity contribution in [2.45, 2.75) is 236 Å². The summed E-state index contributed by atoms with van der Waals surface area (Å²) in [6.07, 6.45) is 26.6. The first-order valence-electron chi connectivity index (χ1n) is 23.9. The minimum absolute atomic E-state index is 0.0169. The van der Waals surface area contributed by atoms with Crippen molar-refractivity contribution in [2.24, 2.45) is 0 Å². The number of epoxide rings is 1. The van der Waals surface area contributed by atoms with E-state index < -0.39 is 75.7 Å². The molecule has 2 fully saturated rings. The van der Waals surface area contributed by atoms with Crippen molar-refractivity contribution in [1.29, 1.82) is 0 Å². The Bertz CT molecular complexity index is 1290. The van der Waals surface area contributed by atoms with Crippen molar-refractivity contribution in [3.05, 3.63) is 36.5 Å². The third-order valence-corrected chi connectivity index (χ3v) is 12.4. The summed E-state index contributed by atoms with van der Waals surface area (Å²) in [5, 5.41) is 50.2. The minimum Gasteiger partial charge on any atom is -0.462 e. The number of carbonyl (C=O) groups excluding carboxylic acids is 2. The molecular weight excluding hydrogens is 819 g/mol. The van der Waals surface area contributed by atoms with Gasteiger partial charge in [0.15, 0.2) is 6.10 Å². The largest absolute Gasteiger partial charge is 0.472 e. The van der Waals surface area contributed by atoms with E-state index in [4.69, 9.17) is 23.3 Å². The maximum absolute atomic E-state index is 12.8. The summed E-state index contributed by atoms with van der Waals surface area (Å²) in [7, 11) is -5.14. The van der Waals surface area contributed by atoms with Gasteiger partial charge in [-0.2, -0.15) is 0 Å². The van der Waals surface area contributed by atoms with Crippen molar-refractivity contribution in [3.8, 4) is 0 Å². The fourth-order valence-corrected chi connectivity index (χ4v) is 8.35. The van der Waals surface area contributed by atoms with E-state index in [0.29, 0.717) is 25.4 Å². The Morgan fingerprint density at radius 2 is 1.02 bits per heavy atom. The van der Waals surface area contributed by atoms with Gasteiger partial charge in [0.25, 0.3) is 0 Å². The number of esters is 2. The SMILES string of the molecule is CCCCC/C=C\CC1OC1C/C=C\C/C=C\CCCC(=O)O[C@H](COC(=O)CCCCCCCCCCCCCCCCC)COP(=O)(O)OC1[C@H](O)[C@H](O)C(O)[C@H](O)[C@H]1O. The second-order valence-corrected chi connectivity index (χ2v) is 18.4. The van der Waals surface area contributed by atoms with E-state index in [1.807, 2.05) is 12.2 Å². The molecule has 0 radical (unpaired) electrons. The highest BCUT2D eigenvalue weighted by atomic mass is 31.2. The van der Waals surface area contributed by atoms with Crippen LogP contribution in [0, 0.1) is 0 Å². The molecule has 0 bridgehead atoms. The monoisotopic (exact) mass is 903 g/mol. The number of phosphoric acid groups is 1. The Balaban J connectivity index is 1.72. The number of aliphatic hydroxyl groups excluding tert-OH is 5. The molecule has 1 saturated carbocycles. The predicted octanol–water partition coefficient (Wildman–Crippen LogP) is 8.38. The zero-order valence-electron chi connectivity index (χ0n) is 37.9. The van der Waals surface area contributed by atoms with Gasteiger partial charge in [0, 0.05) is 12.8 Å². The van der Waals surface area contributed by atoms with Gasteiger partial charge < -0.3 is 44.6 Å². The maximum Gasteiger partial charge on any atom is 0.472 e. The number of rotatable bonds is 38. The zero-order chi connectivity index (χ0) is 45.4. The Labute approximate surface area is 372 Å². The molecule has 0 aromatic carbocycles. The first-order valence-corrected chi connectivity index (χ1v) is 25.4. The van der Waals surface area contributed by atoms with Crippen LogP contribution in [-0.2, 0) is 37.4 Å². The number of hydrogen-bond donors (Lipinski definition) is 6. The number of phosphoric ester groups is 1. The second kappa shape index (κ2) is 34.4. The Kier molecular flexibility index (Phi) is 31.1. The lowest BCUT2D eigenvalue weighted by Crippen LogP contribution is -2.64. The number of carbonyl (C=O) groups is 2. The van der Waals surface area contributed by atoms with Crippen LogP contribution in [0.15, 0.2) is 36.5 Å². The fourth-order valence-electron chi connectivity index (χ4n) is 7.38. The lowest BCUT2D eigenvalue weighted by atomic mass is 9.85. The van der Waals surface area contributed by atoms with Crippen LogP contribution in [0.25, 0.3) is 0 Å². The van der Waals surface area contributed by atoms with Gasteiger partial charge in [0.1, 0.15) is 43.2 Å². The number of hydrogen-bond acceptors (Lipinski definition) is 13. The van der Waals surface area contributed by atoms with Crippen molar-refractivity contribution in [1.82, 2.24) is 0 Å². The third-order valence-electron chi connectivity index (χ3n) is 11.4. The van der Waals surface area contributed by atoms with Crippen LogP contribution in [0.2, 0.25) is 0 Å². The standard InChI is InChI=1S/C47H83O14P/c1-3-5-7-9-11-12-13-14-15-16-17-18-21-25-29-33-40(48)57-35-37(36-58-62(55,56)61-47-45(53)43(51)42(50)44(52)46(47)54)59-41(49)34-30-26-22-19-20-24-28-32-39-38(60-39)31-27-23-10-8-6-4-2/h19,22-24,27-28,37-39,42-47,50-54H,3-18,20-21,25-26,29-36H2,1-2H3,(H,55,56)/b22-19-,27-23-,28-24-/t37-,38?,39?,42?,43-,44+,45-,46-,47?/m1/s1. The highest BCUT2D eigenvalue weighted by Crippen LogP contribution is 2.47. The summed E-state index contributed by atoms with van der Waals surface area (Å²) >= 11 is 0. The van der Waals surface area contributed by atoms with Crippen LogP contribution in [0.4, 0.5) is 0 Å². The lowest BCUT2D eigenvalue weighted by Gasteiger charge is -2.41. The fraction of sp³-hybridized carbons (Fsp3) is 0.830. The van der Waals surface area contributed by atoms with Gasteiger partial charge in [-0.05, 0) is 51.4 Å². The Morgan fingerprint density at radius 1 is 0.565 bits per heavy atom. The number of aliphatic hydroxyl groups is 5. The van der Waals surface area contributed by atoms with Gasteiger partial charge in [-0.15, -0.1) is 0 Å². The molecule has 2 rings (SSSR count). The van der Waals surface area contributed by atoms with Gasteiger partial charge >= 0.3 is 19.8 Å². The quantitative estimate of drug-likeness (QED) is 0.0113. The van der Waals surface area contributed by atoms with Gasteiger partial charge in [-0.3, -0.25) is 18.6 Å². The molecule has 5 unspecified atom stereocenters. The molecule has 6 N–H and O–H groups in total. The molecule has 0 spiro atoms. The van der Waals surface area contributed by atoms with Gasteiger partial charge in [0.2, 0.25) is 0 Å². The van der Waals surface area contributed by atoms with E-state index in [2.05, 4.69) is 38.2 Å². The van der Waals surface area contributed by atoms with E-state index >= 15 is 0 Å². The molecule has 0 aromatic rings. The minimum atomic E-state index is -5.14. The van der Waals surface area contributed by atoms with Crippen LogP contribution in [0.1, 0.15) is 181 Å². The molecule has 1 saturated heterocycles. The van der Waals surface area contributed by atoms with Crippen molar-refractivity contribution >= 4 is 19.8 Å². The average Bonchev–Trinajstić information content (AvgIpc) is 4.01. The second-order valence-electron chi connectivity index (χ2n) is 17.0. The predicted molar refractivity (Wildman–Crippen MR) is 239 cm³/mol. The molecule has 0 amide bonds. The molecule has 14 nitrogen and oxygen atoms in total. The molecular formula is C47H83O14P. The van der Waals surface area contributed by atoms with Crippen molar-refractivity contribution in [2.75, 3.05) is 13.2 Å². The van der Waals surface area contributed by atoms with E-state index in [9.17, 15) is 44.6 Å². The maximum atomic E-state index is 12.8. The smallest absolute Gasteiger partial charge is 0.462 e. The van der Waals surface area contributed by atoms with Gasteiger partial charge in [-0.25, -0.2) is 4.57 Å². The van der Waals surface area contributed by atoms with Crippen molar-refractivity contribution < 1.29 is 67.8 Å². The van der Waals surface area contributed by atoms with E-state index in [-0.39, 0.29) is 18.9 Å². The van der Waals surface area contributed by atoms with E-state index in [0.717, 1.165) is 44.9 Å². The molecule has 1 aliphatic heterocycles. The molecule has 15 heteroatoms. The van der Waals surface area contributed by atoms with Crippen LogP contribution in [0.3, 0.4) is 0 Å². The molecule has 2 aliphatic rings. The Hall–Kier alpha value is -1.97. The van der Waals surface area contributed by atoms with Crippen LogP contribution >= 0.6 is 7.82 Å². The van der Waals surface area contributed by atoms with Crippen LogP contribution in [-0.4, -0.2) is 111 Å². The molecule has 0 aromatic heterocycles. The molecule has 10 atom stereocenters. The highest BCUT2D eigenvalue weighted by Gasteiger charge is 2.51. The first-order chi connectivity index (χ1) is 29.9. The zero-order valence-corrected chi connectivity index (χ0v) is 38.8. The van der Waals surface area contributed by atoms with Gasteiger partial charge in [-0.1, -0.05) is 153 Å². The summed E-state index contributed by atoms with van der Waals surface area (Å²) < 4.78 is 39.2. The number of ether oxygens (including phenoxy) is 3. The van der Waals surface area contributed by atoms with Crippen LogP contribution < -0.4 is 0 Å². The normalized spacial score (nSPS) is 25.4. The summed E-state index contributed by atoms with van der Waals surface area (Å²) in [6.45, 7) is 3.22. The average molecular weight is 903 g/mol. The van der Waals surface area contributed by atoms with Crippen LogP contribution in [0.5, 0.6) is 0 Å². The number of allylic oxidation sites excluding steroid dienone is 4. The third kappa shape index (κ3) is 26.1. The summed E-state index contributed by atoms with van der Waals surface area (Å²) in [5.41, 5.74) is 0. The topological polar surface area (TPSA) is 222 Å². The summed E-state index contributed by atoms with van der Waals surface area (Å²) in [5.74, 6) is -1.17.